The number of benzene rings is 1. The van der Waals surface area contributed by atoms with Gasteiger partial charge in [-0.05, 0) is 37.9 Å². The molecule has 0 aromatic heterocycles. The van der Waals surface area contributed by atoms with Crippen molar-refractivity contribution in [1.82, 2.24) is 10.0 Å². The lowest BCUT2D eigenvalue weighted by Gasteiger charge is -2.07. The fourth-order valence-electron chi connectivity index (χ4n) is 1.83. The number of hydrogen-bond donors (Lipinski definition) is 2. The fourth-order valence-corrected chi connectivity index (χ4v) is 3.05. The molecule has 2 N–H and O–H groups in total. The summed E-state index contributed by atoms with van der Waals surface area (Å²) in [5.74, 6) is -0.853. The molecule has 0 spiro atoms. The van der Waals surface area contributed by atoms with Crippen LogP contribution in [0, 0.1) is 15.9 Å². The molecule has 1 fully saturated rings. The molecule has 0 saturated heterocycles. The lowest BCUT2D eigenvalue weighted by molar-refractivity contribution is -0.388. The Hall–Kier alpha value is -1.58. The zero-order valence-corrected chi connectivity index (χ0v) is 12.0. The van der Waals surface area contributed by atoms with E-state index in [1.807, 2.05) is 0 Å². The molecule has 7 nitrogen and oxygen atoms in total. The molecule has 0 unspecified atom stereocenters. The van der Waals surface area contributed by atoms with Crippen LogP contribution in [0.1, 0.15) is 19.3 Å². The highest BCUT2D eigenvalue weighted by Crippen LogP contribution is 2.24. The molecule has 0 aliphatic heterocycles. The largest absolute Gasteiger partial charge is 0.314 e. The predicted molar refractivity (Wildman–Crippen MR) is 73.9 cm³/mol. The molecule has 0 amide bonds. The number of nitro benzene ring substituents is 1. The Kier molecular flexibility index (Phi) is 4.86. The normalized spacial score (nSPS) is 15.1. The monoisotopic (exact) mass is 317 g/mol. The molecule has 1 saturated carbocycles. The van der Waals surface area contributed by atoms with Crippen molar-refractivity contribution in [3.05, 3.63) is 34.1 Å². The van der Waals surface area contributed by atoms with Gasteiger partial charge in [-0.1, -0.05) is 0 Å². The van der Waals surface area contributed by atoms with E-state index in [9.17, 15) is 22.9 Å². The van der Waals surface area contributed by atoms with Crippen LogP contribution in [0.25, 0.3) is 0 Å². The topological polar surface area (TPSA) is 101 Å². The Balaban J connectivity index is 1.99. The summed E-state index contributed by atoms with van der Waals surface area (Å²) in [5.41, 5.74) is -0.765. The fraction of sp³-hybridized carbons (Fsp3) is 0.500. The van der Waals surface area contributed by atoms with Crippen molar-refractivity contribution in [2.75, 3.05) is 13.1 Å². The van der Waals surface area contributed by atoms with Gasteiger partial charge in [-0.15, -0.1) is 0 Å². The summed E-state index contributed by atoms with van der Waals surface area (Å²) in [6.07, 6.45) is 2.87. The number of nitrogens with zero attached hydrogens (tertiary/aromatic N) is 1. The maximum absolute atomic E-state index is 13.0. The molecule has 9 heteroatoms. The molecule has 0 atom stereocenters. The van der Waals surface area contributed by atoms with Gasteiger partial charge >= 0.3 is 0 Å². The minimum atomic E-state index is -4.02. The van der Waals surface area contributed by atoms with E-state index in [1.165, 1.54) is 0 Å². The Bertz CT molecular complexity index is 631. The third kappa shape index (κ3) is 4.45. The second-order valence-corrected chi connectivity index (χ2v) is 6.58. The minimum Gasteiger partial charge on any atom is -0.314 e. The molecule has 116 valence electrons. The van der Waals surface area contributed by atoms with E-state index >= 15 is 0 Å². The lowest BCUT2D eigenvalue weighted by atomic mass is 10.3. The van der Waals surface area contributed by atoms with E-state index in [-0.39, 0.29) is 6.54 Å². The van der Waals surface area contributed by atoms with E-state index in [4.69, 9.17) is 0 Å². The Morgan fingerprint density at radius 2 is 2.05 bits per heavy atom. The van der Waals surface area contributed by atoms with Crippen molar-refractivity contribution in [1.29, 1.82) is 0 Å². The average molecular weight is 317 g/mol. The lowest BCUT2D eigenvalue weighted by Crippen LogP contribution is -2.28. The molecule has 2 rings (SSSR count). The highest BCUT2D eigenvalue weighted by molar-refractivity contribution is 7.89. The van der Waals surface area contributed by atoms with Crippen LogP contribution in [-0.2, 0) is 10.0 Å². The van der Waals surface area contributed by atoms with E-state index < -0.39 is 31.3 Å². The minimum absolute atomic E-state index is 0.163. The summed E-state index contributed by atoms with van der Waals surface area (Å²) >= 11 is 0. The van der Waals surface area contributed by atoms with Crippen molar-refractivity contribution in [2.45, 2.75) is 30.2 Å². The van der Waals surface area contributed by atoms with Crippen LogP contribution in [-0.4, -0.2) is 32.5 Å². The van der Waals surface area contributed by atoms with Crippen LogP contribution in [0.4, 0.5) is 10.1 Å². The van der Waals surface area contributed by atoms with Gasteiger partial charge < -0.3 is 5.32 Å². The molecule has 1 aromatic rings. The molecule has 0 bridgehead atoms. The van der Waals surface area contributed by atoms with Crippen LogP contribution < -0.4 is 10.0 Å². The van der Waals surface area contributed by atoms with Gasteiger partial charge in [0.25, 0.3) is 5.69 Å². The van der Waals surface area contributed by atoms with Gasteiger partial charge in [0.1, 0.15) is 5.82 Å². The number of nitrogens with one attached hydrogen (secondary N) is 2. The summed E-state index contributed by atoms with van der Waals surface area (Å²) in [6, 6.07) is 2.93. The van der Waals surface area contributed by atoms with Gasteiger partial charge in [0.05, 0.1) is 11.0 Å². The number of rotatable bonds is 8. The summed E-state index contributed by atoms with van der Waals surface area (Å²) in [4.78, 5) is 9.38. The Morgan fingerprint density at radius 1 is 1.33 bits per heavy atom. The molecule has 0 heterocycles. The van der Waals surface area contributed by atoms with Gasteiger partial charge in [0.15, 0.2) is 4.90 Å². The highest BCUT2D eigenvalue weighted by atomic mass is 32.2. The van der Waals surface area contributed by atoms with E-state index in [1.54, 1.807) is 0 Å². The zero-order valence-electron chi connectivity index (χ0n) is 11.2. The van der Waals surface area contributed by atoms with E-state index in [2.05, 4.69) is 10.0 Å². The smallest absolute Gasteiger partial charge is 0.292 e. The van der Waals surface area contributed by atoms with Gasteiger partial charge in [0.2, 0.25) is 10.0 Å². The summed E-state index contributed by atoms with van der Waals surface area (Å²) in [7, 11) is -4.02. The van der Waals surface area contributed by atoms with E-state index in [0.717, 1.165) is 25.0 Å². The van der Waals surface area contributed by atoms with Crippen molar-refractivity contribution in [3.63, 3.8) is 0 Å². The standard InChI is InChI=1S/C12H16FN3O4S/c13-9-2-5-12(11(8-9)16(17)18)21(19,20)15-7-1-6-14-10-3-4-10/h2,5,8,10,14-15H,1,3-4,6-7H2. The first-order valence-corrected chi connectivity index (χ1v) is 8.05. The van der Waals surface area contributed by atoms with Crippen molar-refractivity contribution >= 4 is 15.7 Å². The SMILES string of the molecule is O=[N+]([O-])c1cc(F)ccc1S(=O)(=O)NCCCNC1CC1. The first-order valence-electron chi connectivity index (χ1n) is 6.57. The molecule has 0 radical (unpaired) electrons. The van der Waals surface area contributed by atoms with Crippen LogP contribution in [0.5, 0.6) is 0 Å². The van der Waals surface area contributed by atoms with Gasteiger partial charge in [-0.25, -0.2) is 17.5 Å². The third-order valence-electron chi connectivity index (χ3n) is 3.06. The van der Waals surface area contributed by atoms with Crippen LogP contribution in [0.2, 0.25) is 0 Å². The van der Waals surface area contributed by atoms with Crippen LogP contribution >= 0.6 is 0 Å². The third-order valence-corrected chi connectivity index (χ3v) is 4.57. The molecule has 1 aliphatic rings. The number of sulfonamides is 1. The van der Waals surface area contributed by atoms with E-state index in [0.29, 0.717) is 25.1 Å². The maximum Gasteiger partial charge on any atom is 0.292 e. The molecular weight excluding hydrogens is 301 g/mol. The van der Waals surface area contributed by atoms with Gasteiger partial charge in [-0.2, -0.15) is 0 Å². The highest BCUT2D eigenvalue weighted by Gasteiger charge is 2.26. The van der Waals surface area contributed by atoms with Crippen LogP contribution in [0.15, 0.2) is 23.1 Å². The van der Waals surface area contributed by atoms with Crippen molar-refractivity contribution in [2.24, 2.45) is 0 Å². The zero-order chi connectivity index (χ0) is 15.5. The number of halogens is 1. The molecule has 1 aromatic carbocycles. The van der Waals surface area contributed by atoms with Gasteiger partial charge in [-0.3, -0.25) is 10.1 Å². The van der Waals surface area contributed by atoms with Crippen LogP contribution in [0.3, 0.4) is 0 Å². The quantitative estimate of drug-likeness (QED) is 0.425. The van der Waals surface area contributed by atoms with Crippen molar-refractivity contribution < 1.29 is 17.7 Å². The summed E-state index contributed by atoms with van der Waals surface area (Å²) < 4.78 is 39.3. The number of hydrogen-bond acceptors (Lipinski definition) is 5. The second kappa shape index (κ2) is 6.46. The first-order chi connectivity index (χ1) is 9.90. The average Bonchev–Trinajstić information content (AvgIpc) is 3.22. The molecule has 21 heavy (non-hydrogen) atoms. The summed E-state index contributed by atoms with van der Waals surface area (Å²) in [5, 5.41) is 14.0. The predicted octanol–water partition coefficient (Wildman–Crippen LogP) is 1.15. The van der Waals surface area contributed by atoms with Crippen molar-refractivity contribution in [3.8, 4) is 0 Å². The summed E-state index contributed by atoms with van der Waals surface area (Å²) in [6.45, 7) is 0.843. The second-order valence-electron chi connectivity index (χ2n) is 4.85. The molecule has 1 aliphatic carbocycles. The Morgan fingerprint density at radius 3 is 2.67 bits per heavy atom. The Labute approximate surface area is 121 Å². The maximum atomic E-state index is 13.0. The first kappa shape index (κ1) is 15.8. The molecular formula is C12H16FN3O4S. The number of nitro groups is 1. The van der Waals surface area contributed by atoms with Gasteiger partial charge in [0, 0.05) is 12.6 Å².